The zero-order chi connectivity index (χ0) is 12.4. The van der Waals surface area contributed by atoms with Gasteiger partial charge in [0, 0.05) is 29.7 Å². The lowest BCUT2D eigenvalue weighted by atomic mass is 10.1. The molecular weight excluding hydrogens is 434 g/mol. The Morgan fingerprint density at radius 3 is 2.82 bits per heavy atom. The summed E-state index contributed by atoms with van der Waals surface area (Å²) < 4.78 is 2.10. The van der Waals surface area contributed by atoms with Gasteiger partial charge in [-0.2, -0.15) is 0 Å². The first-order valence-corrected chi connectivity index (χ1v) is 8.05. The molecule has 1 aromatic carbocycles. The second-order valence-corrected chi connectivity index (χ2v) is 7.13. The zero-order valence-corrected chi connectivity index (χ0v) is 14.0. The van der Waals surface area contributed by atoms with E-state index in [-0.39, 0.29) is 0 Å². The van der Waals surface area contributed by atoms with Crippen LogP contribution in [-0.4, -0.2) is 5.11 Å². The maximum atomic E-state index is 10.2. The van der Waals surface area contributed by atoms with E-state index in [1.807, 2.05) is 29.6 Å². The van der Waals surface area contributed by atoms with Crippen LogP contribution in [0.15, 0.2) is 34.1 Å². The summed E-state index contributed by atoms with van der Waals surface area (Å²) in [5.74, 6) is 0. The van der Waals surface area contributed by atoms with Crippen molar-refractivity contribution in [3.63, 3.8) is 0 Å². The maximum absolute atomic E-state index is 10.2. The molecule has 0 aliphatic rings. The summed E-state index contributed by atoms with van der Waals surface area (Å²) in [4.78, 5) is 1.15. The second kappa shape index (κ2) is 6.02. The number of halogens is 3. The highest BCUT2D eigenvalue weighted by atomic mass is 127. The van der Waals surface area contributed by atoms with Gasteiger partial charge in [-0.1, -0.05) is 11.6 Å². The molecule has 2 aromatic rings. The topological polar surface area (TPSA) is 20.2 Å². The van der Waals surface area contributed by atoms with E-state index in [0.29, 0.717) is 11.4 Å². The normalized spacial score (nSPS) is 12.7. The third-order valence-corrected chi connectivity index (χ3v) is 5.27. The van der Waals surface area contributed by atoms with Crippen LogP contribution in [0.25, 0.3) is 0 Å². The summed E-state index contributed by atoms with van der Waals surface area (Å²) >= 11 is 13.2. The summed E-state index contributed by atoms with van der Waals surface area (Å²) in [7, 11) is 0. The fourth-order valence-electron chi connectivity index (χ4n) is 1.53. The summed E-state index contributed by atoms with van der Waals surface area (Å²) in [5, 5.41) is 12.9. The van der Waals surface area contributed by atoms with E-state index in [1.54, 1.807) is 11.3 Å². The molecule has 0 radical (unpaired) electrons. The molecule has 2 rings (SSSR count). The fourth-order valence-corrected chi connectivity index (χ4v) is 3.90. The quantitative estimate of drug-likeness (QED) is 0.659. The van der Waals surface area contributed by atoms with Crippen molar-refractivity contribution in [3.05, 3.63) is 53.2 Å². The predicted octanol–water partition coefficient (Wildman–Crippen LogP) is 5.04. The highest BCUT2D eigenvalue weighted by Crippen LogP contribution is 2.29. The first-order valence-electron chi connectivity index (χ1n) is 4.92. The molecular formula is C12H9BrClIOS. The fraction of sp³-hybridized carbons (Fsp3) is 0.167. The third kappa shape index (κ3) is 3.67. The minimum atomic E-state index is -0.508. The van der Waals surface area contributed by atoms with E-state index in [0.717, 1.165) is 18.5 Å². The van der Waals surface area contributed by atoms with E-state index < -0.39 is 6.10 Å². The van der Waals surface area contributed by atoms with Gasteiger partial charge in [-0.05, 0) is 68.3 Å². The molecule has 0 spiro atoms. The van der Waals surface area contributed by atoms with E-state index >= 15 is 0 Å². The van der Waals surface area contributed by atoms with Crippen LogP contribution in [0, 0.1) is 3.57 Å². The molecule has 17 heavy (non-hydrogen) atoms. The van der Waals surface area contributed by atoms with Crippen molar-refractivity contribution in [3.8, 4) is 0 Å². The molecule has 90 valence electrons. The van der Waals surface area contributed by atoms with Gasteiger partial charge in [0.05, 0.1) is 6.10 Å². The van der Waals surface area contributed by atoms with Crippen molar-refractivity contribution in [2.45, 2.75) is 12.5 Å². The van der Waals surface area contributed by atoms with Gasteiger partial charge in [-0.15, -0.1) is 11.3 Å². The molecule has 1 heterocycles. The van der Waals surface area contributed by atoms with Crippen molar-refractivity contribution in [1.29, 1.82) is 0 Å². The van der Waals surface area contributed by atoms with Crippen molar-refractivity contribution in [2.24, 2.45) is 0 Å². The molecule has 0 bridgehead atoms. The minimum absolute atomic E-state index is 0.508. The SMILES string of the molecule is OC(Cc1cc(Br)cs1)c1cc(Cl)ccc1I. The van der Waals surface area contributed by atoms with Crippen LogP contribution in [0.3, 0.4) is 0 Å². The molecule has 0 aliphatic heterocycles. The molecule has 0 amide bonds. The number of hydrogen-bond donors (Lipinski definition) is 1. The van der Waals surface area contributed by atoms with Gasteiger partial charge in [0.1, 0.15) is 0 Å². The Morgan fingerprint density at radius 1 is 1.41 bits per heavy atom. The van der Waals surface area contributed by atoms with Gasteiger partial charge in [-0.3, -0.25) is 0 Å². The smallest absolute Gasteiger partial charge is 0.0848 e. The Hall–Kier alpha value is 0.380. The van der Waals surface area contributed by atoms with Crippen molar-refractivity contribution in [1.82, 2.24) is 0 Å². The molecule has 0 saturated heterocycles. The first kappa shape index (κ1) is 13.8. The Kier molecular flexibility index (Phi) is 4.88. The lowest BCUT2D eigenvalue weighted by Gasteiger charge is -2.12. The highest BCUT2D eigenvalue weighted by Gasteiger charge is 2.13. The van der Waals surface area contributed by atoms with Gasteiger partial charge in [0.2, 0.25) is 0 Å². The lowest BCUT2D eigenvalue weighted by Crippen LogP contribution is -2.02. The van der Waals surface area contributed by atoms with Gasteiger partial charge in [0.25, 0.3) is 0 Å². The molecule has 1 N–H and O–H groups in total. The zero-order valence-electron chi connectivity index (χ0n) is 8.66. The Bertz CT molecular complexity index is 529. The standard InChI is InChI=1S/C12H9BrClIOS/c13-7-3-9(17-6-7)5-12(16)10-4-8(14)1-2-11(10)15/h1-4,6,12,16H,5H2. The van der Waals surface area contributed by atoms with Crippen LogP contribution in [0.4, 0.5) is 0 Å². The number of thiophene rings is 1. The Balaban J connectivity index is 2.19. The molecule has 1 aromatic heterocycles. The molecule has 0 aliphatic carbocycles. The van der Waals surface area contributed by atoms with Crippen molar-refractivity contribution < 1.29 is 5.11 Å². The van der Waals surface area contributed by atoms with Crippen LogP contribution in [0.2, 0.25) is 5.02 Å². The third-order valence-electron chi connectivity index (χ3n) is 2.33. The monoisotopic (exact) mass is 442 g/mol. The first-order chi connectivity index (χ1) is 8.06. The largest absolute Gasteiger partial charge is 0.388 e. The van der Waals surface area contributed by atoms with E-state index in [4.69, 9.17) is 11.6 Å². The maximum Gasteiger partial charge on any atom is 0.0848 e. The van der Waals surface area contributed by atoms with E-state index in [1.165, 1.54) is 0 Å². The Labute approximate surface area is 131 Å². The van der Waals surface area contributed by atoms with Crippen LogP contribution in [0.1, 0.15) is 16.5 Å². The lowest BCUT2D eigenvalue weighted by molar-refractivity contribution is 0.178. The summed E-state index contributed by atoms with van der Waals surface area (Å²) in [6, 6.07) is 7.62. The number of benzene rings is 1. The molecule has 1 unspecified atom stereocenters. The summed E-state index contributed by atoms with van der Waals surface area (Å²) in [5.41, 5.74) is 0.891. The molecule has 5 heteroatoms. The van der Waals surface area contributed by atoms with Gasteiger partial charge in [0.15, 0.2) is 0 Å². The van der Waals surface area contributed by atoms with Crippen molar-refractivity contribution in [2.75, 3.05) is 0 Å². The van der Waals surface area contributed by atoms with E-state index in [2.05, 4.69) is 38.5 Å². The Morgan fingerprint density at radius 2 is 2.18 bits per heavy atom. The van der Waals surface area contributed by atoms with Crippen LogP contribution < -0.4 is 0 Å². The van der Waals surface area contributed by atoms with Crippen LogP contribution in [-0.2, 0) is 6.42 Å². The number of hydrogen-bond acceptors (Lipinski definition) is 2. The summed E-state index contributed by atoms with van der Waals surface area (Å²) in [6.45, 7) is 0. The van der Waals surface area contributed by atoms with Crippen LogP contribution >= 0.6 is 61.5 Å². The minimum Gasteiger partial charge on any atom is -0.388 e. The van der Waals surface area contributed by atoms with Gasteiger partial charge in [-0.25, -0.2) is 0 Å². The predicted molar refractivity (Wildman–Crippen MR) is 84.9 cm³/mol. The average Bonchev–Trinajstić information content (AvgIpc) is 2.67. The molecule has 1 atom stereocenters. The molecule has 0 fully saturated rings. The second-order valence-electron chi connectivity index (χ2n) is 3.62. The van der Waals surface area contributed by atoms with Crippen molar-refractivity contribution >= 4 is 61.5 Å². The highest BCUT2D eigenvalue weighted by molar-refractivity contribution is 14.1. The number of rotatable bonds is 3. The molecule has 0 saturated carbocycles. The average molecular weight is 444 g/mol. The van der Waals surface area contributed by atoms with E-state index in [9.17, 15) is 5.11 Å². The molecule has 1 nitrogen and oxygen atoms in total. The van der Waals surface area contributed by atoms with Gasteiger partial charge < -0.3 is 5.11 Å². The van der Waals surface area contributed by atoms with Gasteiger partial charge >= 0.3 is 0 Å². The van der Waals surface area contributed by atoms with Crippen LogP contribution in [0.5, 0.6) is 0 Å². The number of aliphatic hydroxyl groups is 1. The number of aliphatic hydroxyl groups excluding tert-OH is 1. The summed E-state index contributed by atoms with van der Waals surface area (Å²) in [6.07, 6.45) is 0.109.